The molecule has 1 heterocycles. The SMILES string of the molecule is CCc1ncnc(SCCO)c1F. The van der Waals surface area contributed by atoms with Gasteiger partial charge in [-0.15, -0.1) is 11.8 Å². The molecule has 0 aliphatic heterocycles. The van der Waals surface area contributed by atoms with Crippen LogP contribution in [0.1, 0.15) is 12.6 Å². The van der Waals surface area contributed by atoms with Crippen LogP contribution in [0.3, 0.4) is 0 Å². The Bertz CT molecular complexity index is 283. The summed E-state index contributed by atoms with van der Waals surface area (Å²) < 4.78 is 13.4. The van der Waals surface area contributed by atoms with Crippen LogP contribution in [0.4, 0.5) is 4.39 Å². The van der Waals surface area contributed by atoms with E-state index in [1.54, 1.807) is 0 Å². The van der Waals surface area contributed by atoms with Crippen molar-refractivity contribution >= 4 is 11.8 Å². The molecule has 0 amide bonds. The first-order chi connectivity index (χ1) is 6.29. The molecule has 0 aliphatic carbocycles. The Morgan fingerprint density at radius 2 is 2.31 bits per heavy atom. The first-order valence-corrected chi connectivity index (χ1v) is 5.01. The molecule has 0 saturated heterocycles. The number of halogens is 1. The maximum Gasteiger partial charge on any atom is 0.176 e. The minimum Gasteiger partial charge on any atom is -0.396 e. The molecule has 13 heavy (non-hydrogen) atoms. The molecule has 1 N–H and O–H groups in total. The summed E-state index contributed by atoms with van der Waals surface area (Å²) in [7, 11) is 0. The average molecular weight is 202 g/mol. The standard InChI is InChI=1S/C8H11FN2OS/c1-2-6-7(9)8(11-5-10-6)13-4-3-12/h5,12H,2-4H2,1H3. The Morgan fingerprint density at radius 3 is 2.92 bits per heavy atom. The highest BCUT2D eigenvalue weighted by molar-refractivity contribution is 7.99. The van der Waals surface area contributed by atoms with Gasteiger partial charge in [-0.3, -0.25) is 0 Å². The van der Waals surface area contributed by atoms with Crippen LogP contribution in [0.15, 0.2) is 11.4 Å². The summed E-state index contributed by atoms with van der Waals surface area (Å²) in [6, 6.07) is 0. The Labute approximate surface area is 80.4 Å². The van der Waals surface area contributed by atoms with Crippen LogP contribution in [0, 0.1) is 5.82 Å². The van der Waals surface area contributed by atoms with Crippen LogP contribution >= 0.6 is 11.8 Å². The lowest BCUT2D eigenvalue weighted by atomic mass is 10.3. The molecule has 0 fully saturated rings. The van der Waals surface area contributed by atoms with Gasteiger partial charge >= 0.3 is 0 Å². The Morgan fingerprint density at radius 1 is 1.54 bits per heavy atom. The largest absolute Gasteiger partial charge is 0.396 e. The van der Waals surface area contributed by atoms with Gasteiger partial charge in [-0.25, -0.2) is 14.4 Å². The minimum absolute atomic E-state index is 0.0234. The van der Waals surface area contributed by atoms with Crippen LogP contribution in [0.5, 0.6) is 0 Å². The van der Waals surface area contributed by atoms with E-state index >= 15 is 0 Å². The van der Waals surface area contributed by atoms with E-state index in [2.05, 4.69) is 9.97 Å². The summed E-state index contributed by atoms with van der Waals surface area (Å²) in [5, 5.41) is 8.88. The van der Waals surface area contributed by atoms with Crippen molar-refractivity contribution < 1.29 is 9.50 Å². The molecule has 1 rings (SSSR count). The summed E-state index contributed by atoms with van der Waals surface area (Å²) in [5.41, 5.74) is 0.426. The predicted molar refractivity (Wildman–Crippen MR) is 49.2 cm³/mol. The normalized spacial score (nSPS) is 10.4. The molecule has 1 aromatic rings. The lowest BCUT2D eigenvalue weighted by Gasteiger charge is -2.02. The smallest absolute Gasteiger partial charge is 0.176 e. The number of aromatic nitrogens is 2. The highest BCUT2D eigenvalue weighted by atomic mass is 32.2. The van der Waals surface area contributed by atoms with Gasteiger partial charge < -0.3 is 5.11 Å². The second kappa shape index (κ2) is 5.14. The Hall–Kier alpha value is -0.680. The number of hydrogen-bond donors (Lipinski definition) is 1. The average Bonchev–Trinajstić information content (AvgIpc) is 2.16. The molecule has 0 radical (unpaired) electrons. The number of thioether (sulfide) groups is 1. The first-order valence-electron chi connectivity index (χ1n) is 4.02. The summed E-state index contributed by atoms with van der Waals surface area (Å²) in [6.07, 6.45) is 1.91. The number of aryl methyl sites for hydroxylation is 1. The Kier molecular flexibility index (Phi) is 4.11. The lowest BCUT2D eigenvalue weighted by molar-refractivity contribution is 0.322. The zero-order valence-electron chi connectivity index (χ0n) is 7.33. The third-order valence-corrected chi connectivity index (χ3v) is 2.44. The van der Waals surface area contributed by atoms with Crippen molar-refractivity contribution in [1.82, 2.24) is 9.97 Å². The van der Waals surface area contributed by atoms with E-state index in [1.807, 2.05) is 6.92 Å². The van der Waals surface area contributed by atoms with Gasteiger partial charge in [-0.2, -0.15) is 0 Å². The number of aliphatic hydroxyl groups is 1. The van der Waals surface area contributed by atoms with Crippen LogP contribution in [-0.4, -0.2) is 27.4 Å². The van der Waals surface area contributed by atoms with Gasteiger partial charge in [-0.05, 0) is 6.42 Å². The molecular weight excluding hydrogens is 191 g/mol. The fourth-order valence-electron chi connectivity index (χ4n) is 0.877. The number of hydrogen-bond acceptors (Lipinski definition) is 4. The van der Waals surface area contributed by atoms with Crippen molar-refractivity contribution in [2.75, 3.05) is 12.4 Å². The van der Waals surface area contributed by atoms with Gasteiger partial charge in [0.05, 0.1) is 12.3 Å². The van der Waals surface area contributed by atoms with Crippen molar-refractivity contribution in [2.45, 2.75) is 18.4 Å². The van der Waals surface area contributed by atoms with Crippen LogP contribution in [0.25, 0.3) is 0 Å². The summed E-state index contributed by atoms with van der Waals surface area (Å²) >= 11 is 1.20. The van der Waals surface area contributed by atoms with Gasteiger partial charge in [0.15, 0.2) is 5.82 Å². The first kappa shape index (κ1) is 10.4. The van der Waals surface area contributed by atoms with Gasteiger partial charge in [0.25, 0.3) is 0 Å². The molecule has 3 nitrogen and oxygen atoms in total. The molecule has 0 aromatic carbocycles. The van der Waals surface area contributed by atoms with Crippen LogP contribution < -0.4 is 0 Å². The minimum atomic E-state index is -0.358. The molecule has 5 heteroatoms. The van der Waals surface area contributed by atoms with E-state index in [4.69, 9.17) is 5.11 Å². The molecule has 0 aliphatic rings. The molecular formula is C8H11FN2OS. The molecule has 0 saturated carbocycles. The fourth-order valence-corrected chi connectivity index (χ4v) is 1.53. The van der Waals surface area contributed by atoms with E-state index in [0.717, 1.165) is 0 Å². The molecule has 72 valence electrons. The lowest BCUT2D eigenvalue weighted by Crippen LogP contribution is -1.99. The van der Waals surface area contributed by atoms with Crippen molar-refractivity contribution in [3.05, 3.63) is 17.8 Å². The van der Waals surface area contributed by atoms with Gasteiger partial charge in [0, 0.05) is 5.75 Å². The van der Waals surface area contributed by atoms with Gasteiger partial charge in [0.2, 0.25) is 0 Å². The van der Waals surface area contributed by atoms with Crippen molar-refractivity contribution in [3.63, 3.8) is 0 Å². The zero-order chi connectivity index (χ0) is 9.68. The van der Waals surface area contributed by atoms with Crippen molar-refractivity contribution in [2.24, 2.45) is 0 Å². The topological polar surface area (TPSA) is 46.0 Å². The Balaban J connectivity index is 2.81. The number of rotatable bonds is 4. The van der Waals surface area contributed by atoms with E-state index in [0.29, 0.717) is 22.9 Å². The summed E-state index contributed by atoms with van der Waals surface area (Å²) in [6.45, 7) is 1.86. The number of nitrogens with zero attached hydrogens (tertiary/aromatic N) is 2. The highest BCUT2D eigenvalue weighted by Crippen LogP contribution is 2.19. The second-order valence-electron chi connectivity index (χ2n) is 2.37. The number of aliphatic hydroxyl groups excluding tert-OH is 1. The molecule has 0 atom stereocenters. The van der Waals surface area contributed by atoms with E-state index < -0.39 is 0 Å². The van der Waals surface area contributed by atoms with E-state index in [9.17, 15) is 4.39 Å². The summed E-state index contributed by atoms with van der Waals surface area (Å²) in [4.78, 5) is 7.59. The highest BCUT2D eigenvalue weighted by Gasteiger charge is 2.08. The van der Waals surface area contributed by atoms with Crippen LogP contribution in [-0.2, 0) is 6.42 Å². The molecule has 0 unspecified atom stereocenters. The molecule has 0 spiro atoms. The molecule has 0 bridgehead atoms. The van der Waals surface area contributed by atoms with Crippen molar-refractivity contribution in [1.29, 1.82) is 0 Å². The monoisotopic (exact) mass is 202 g/mol. The molecule has 1 aromatic heterocycles. The van der Waals surface area contributed by atoms with Crippen molar-refractivity contribution in [3.8, 4) is 0 Å². The second-order valence-corrected chi connectivity index (χ2v) is 3.45. The fraction of sp³-hybridized carbons (Fsp3) is 0.500. The van der Waals surface area contributed by atoms with Gasteiger partial charge in [-0.1, -0.05) is 6.92 Å². The summed E-state index contributed by atoms with van der Waals surface area (Å²) in [5.74, 6) is 0.0975. The maximum atomic E-state index is 13.4. The predicted octanol–water partition coefficient (Wildman–Crippen LogP) is 1.26. The third-order valence-electron chi connectivity index (χ3n) is 1.49. The van der Waals surface area contributed by atoms with E-state index in [-0.39, 0.29) is 12.4 Å². The quantitative estimate of drug-likeness (QED) is 0.590. The van der Waals surface area contributed by atoms with Crippen LogP contribution in [0.2, 0.25) is 0 Å². The zero-order valence-corrected chi connectivity index (χ0v) is 8.14. The maximum absolute atomic E-state index is 13.4. The third kappa shape index (κ3) is 2.63. The van der Waals surface area contributed by atoms with E-state index in [1.165, 1.54) is 18.1 Å². The van der Waals surface area contributed by atoms with Gasteiger partial charge in [0.1, 0.15) is 11.4 Å².